The van der Waals surface area contributed by atoms with Crippen LogP contribution >= 0.6 is 0 Å². The molecular formula is C12H22O6. The van der Waals surface area contributed by atoms with Gasteiger partial charge in [-0.3, -0.25) is 0 Å². The van der Waals surface area contributed by atoms with Crippen molar-refractivity contribution >= 4 is 6.16 Å². The van der Waals surface area contributed by atoms with Crippen LogP contribution in [0.1, 0.15) is 34.6 Å². The lowest BCUT2D eigenvalue weighted by atomic mass is 10.2. The molecule has 0 aromatic carbocycles. The fourth-order valence-corrected chi connectivity index (χ4v) is 0.874. The van der Waals surface area contributed by atoms with Crippen molar-refractivity contribution in [3.63, 3.8) is 0 Å². The van der Waals surface area contributed by atoms with Crippen molar-refractivity contribution in [2.75, 3.05) is 13.2 Å². The molecule has 0 bridgehead atoms. The predicted octanol–water partition coefficient (Wildman–Crippen LogP) is 2.74. The SMILES string of the molecule is C=C(C)COC(C)(COOC(C)(C)C)OC(=O)O. The van der Waals surface area contributed by atoms with E-state index in [0.717, 1.165) is 5.57 Å². The second kappa shape index (κ2) is 6.72. The molecule has 0 saturated carbocycles. The second-order valence-electron chi connectivity index (χ2n) is 5.21. The van der Waals surface area contributed by atoms with Gasteiger partial charge in [-0.15, -0.1) is 0 Å². The highest BCUT2D eigenvalue weighted by molar-refractivity contribution is 5.57. The molecule has 6 heteroatoms. The molecule has 106 valence electrons. The molecule has 0 aromatic heterocycles. The summed E-state index contributed by atoms with van der Waals surface area (Å²) in [7, 11) is 0. The predicted molar refractivity (Wildman–Crippen MR) is 65.1 cm³/mol. The Morgan fingerprint density at radius 3 is 2.22 bits per heavy atom. The quantitative estimate of drug-likeness (QED) is 0.250. The highest BCUT2D eigenvalue weighted by atomic mass is 17.2. The molecular weight excluding hydrogens is 240 g/mol. The molecule has 0 rings (SSSR count). The number of rotatable bonds is 7. The number of carbonyl (C=O) groups is 1. The van der Waals surface area contributed by atoms with E-state index in [9.17, 15) is 4.79 Å². The zero-order valence-electron chi connectivity index (χ0n) is 11.6. The van der Waals surface area contributed by atoms with Crippen LogP contribution in [0.5, 0.6) is 0 Å². The summed E-state index contributed by atoms with van der Waals surface area (Å²) in [6.45, 7) is 12.3. The van der Waals surface area contributed by atoms with E-state index in [1.807, 2.05) is 0 Å². The van der Waals surface area contributed by atoms with E-state index in [-0.39, 0.29) is 13.2 Å². The Bertz CT molecular complexity index is 293. The van der Waals surface area contributed by atoms with Gasteiger partial charge in [0.2, 0.25) is 5.79 Å². The highest BCUT2D eigenvalue weighted by Gasteiger charge is 2.32. The van der Waals surface area contributed by atoms with Crippen LogP contribution in [0, 0.1) is 0 Å². The Kier molecular flexibility index (Phi) is 6.31. The lowest BCUT2D eigenvalue weighted by Crippen LogP contribution is -2.40. The Morgan fingerprint density at radius 2 is 1.83 bits per heavy atom. The van der Waals surface area contributed by atoms with Crippen LogP contribution in [0.4, 0.5) is 4.79 Å². The lowest BCUT2D eigenvalue weighted by molar-refractivity contribution is -0.383. The summed E-state index contributed by atoms with van der Waals surface area (Å²) in [5, 5.41) is 8.65. The maximum Gasteiger partial charge on any atom is 0.508 e. The summed E-state index contributed by atoms with van der Waals surface area (Å²) < 4.78 is 9.96. The average Bonchev–Trinajstić information content (AvgIpc) is 2.11. The fourth-order valence-electron chi connectivity index (χ4n) is 0.874. The maximum atomic E-state index is 10.6. The molecule has 1 N–H and O–H groups in total. The molecule has 0 aromatic rings. The molecule has 0 radical (unpaired) electrons. The van der Waals surface area contributed by atoms with Crippen LogP contribution in [0.3, 0.4) is 0 Å². The first-order chi connectivity index (χ1) is 8.04. The van der Waals surface area contributed by atoms with Gasteiger partial charge in [-0.25, -0.2) is 14.6 Å². The largest absolute Gasteiger partial charge is 0.508 e. The third-order valence-corrected chi connectivity index (χ3v) is 1.56. The number of ether oxygens (including phenoxy) is 2. The summed E-state index contributed by atoms with van der Waals surface area (Å²) in [5.74, 6) is -1.43. The molecule has 0 amide bonds. The van der Waals surface area contributed by atoms with Gasteiger partial charge < -0.3 is 14.6 Å². The zero-order valence-corrected chi connectivity index (χ0v) is 11.6. The Labute approximate surface area is 107 Å². The lowest BCUT2D eigenvalue weighted by Gasteiger charge is -2.28. The van der Waals surface area contributed by atoms with E-state index in [1.54, 1.807) is 27.7 Å². The second-order valence-corrected chi connectivity index (χ2v) is 5.21. The maximum absolute atomic E-state index is 10.6. The fraction of sp³-hybridized carbons (Fsp3) is 0.750. The molecule has 6 nitrogen and oxygen atoms in total. The van der Waals surface area contributed by atoms with Crippen LogP contribution < -0.4 is 0 Å². The monoisotopic (exact) mass is 262 g/mol. The average molecular weight is 262 g/mol. The van der Waals surface area contributed by atoms with Gasteiger partial charge in [0.25, 0.3) is 0 Å². The summed E-state index contributed by atoms with van der Waals surface area (Å²) in [6, 6.07) is 0. The third-order valence-electron chi connectivity index (χ3n) is 1.56. The van der Waals surface area contributed by atoms with Crippen LogP contribution in [0.15, 0.2) is 12.2 Å². The smallest absolute Gasteiger partial charge is 0.450 e. The van der Waals surface area contributed by atoms with Gasteiger partial charge >= 0.3 is 6.16 Å². The Morgan fingerprint density at radius 1 is 1.28 bits per heavy atom. The minimum Gasteiger partial charge on any atom is -0.450 e. The van der Waals surface area contributed by atoms with Gasteiger partial charge in [0, 0.05) is 6.92 Å². The van der Waals surface area contributed by atoms with Crippen molar-refractivity contribution in [1.82, 2.24) is 0 Å². The van der Waals surface area contributed by atoms with Crippen LogP contribution in [0.2, 0.25) is 0 Å². The van der Waals surface area contributed by atoms with Crippen molar-refractivity contribution in [3.05, 3.63) is 12.2 Å². The van der Waals surface area contributed by atoms with E-state index in [1.165, 1.54) is 6.92 Å². The molecule has 0 aliphatic heterocycles. The minimum absolute atomic E-state index is 0.169. The first-order valence-electron chi connectivity index (χ1n) is 5.55. The number of carboxylic acid groups (broad SMARTS) is 1. The minimum atomic E-state index is -1.45. The molecule has 1 atom stereocenters. The standard InChI is InChI=1S/C12H22O6/c1-9(2)7-15-12(6,17-10(13)14)8-16-18-11(3,4)5/h1,7-8H2,2-6H3,(H,13,14). The number of hydrogen-bond acceptors (Lipinski definition) is 5. The third kappa shape index (κ3) is 8.98. The summed E-state index contributed by atoms with van der Waals surface area (Å²) in [6.07, 6.45) is -1.45. The van der Waals surface area contributed by atoms with Crippen molar-refractivity contribution < 1.29 is 29.1 Å². The summed E-state index contributed by atoms with van der Waals surface area (Å²) >= 11 is 0. The van der Waals surface area contributed by atoms with Gasteiger partial charge in [-0.1, -0.05) is 12.2 Å². The van der Waals surface area contributed by atoms with E-state index < -0.39 is 17.5 Å². The van der Waals surface area contributed by atoms with Crippen LogP contribution in [-0.4, -0.2) is 35.9 Å². The van der Waals surface area contributed by atoms with E-state index in [2.05, 4.69) is 11.3 Å². The molecule has 0 heterocycles. The van der Waals surface area contributed by atoms with Gasteiger partial charge in [0.05, 0.1) is 12.2 Å². The first kappa shape index (κ1) is 16.9. The molecule has 0 saturated heterocycles. The molecule has 0 spiro atoms. The normalized spacial score (nSPS) is 14.9. The zero-order chi connectivity index (χ0) is 14.4. The number of hydrogen-bond donors (Lipinski definition) is 1. The molecule has 0 aliphatic carbocycles. The Balaban J connectivity index is 4.37. The topological polar surface area (TPSA) is 74.2 Å². The molecule has 18 heavy (non-hydrogen) atoms. The van der Waals surface area contributed by atoms with Crippen molar-refractivity contribution in [3.8, 4) is 0 Å². The van der Waals surface area contributed by atoms with Crippen LogP contribution in [0.25, 0.3) is 0 Å². The van der Waals surface area contributed by atoms with E-state index in [4.69, 9.17) is 19.6 Å². The van der Waals surface area contributed by atoms with Gasteiger partial charge in [-0.05, 0) is 27.7 Å². The van der Waals surface area contributed by atoms with Gasteiger partial charge in [-0.2, -0.15) is 0 Å². The molecule has 0 aliphatic rings. The summed E-state index contributed by atoms with van der Waals surface area (Å²) in [5.41, 5.74) is 0.241. The molecule has 0 fully saturated rings. The highest BCUT2D eigenvalue weighted by Crippen LogP contribution is 2.17. The van der Waals surface area contributed by atoms with Crippen molar-refractivity contribution in [1.29, 1.82) is 0 Å². The molecule has 1 unspecified atom stereocenters. The first-order valence-corrected chi connectivity index (χ1v) is 5.55. The van der Waals surface area contributed by atoms with E-state index >= 15 is 0 Å². The van der Waals surface area contributed by atoms with E-state index in [0.29, 0.717) is 0 Å². The van der Waals surface area contributed by atoms with Crippen LogP contribution in [-0.2, 0) is 19.2 Å². The van der Waals surface area contributed by atoms with Gasteiger partial charge in [0.1, 0.15) is 6.61 Å². The van der Waals surface area contributed by atoms with Crippen molar-refractivity contribution in [2.45, 2.75) is 46.0 Å². The van der Waals surface area contributed by atoms with Gasteiger partial charge in [0.15, 0.2) is 0 Å². The van der Waals surface area contributed by atoms with Crippen molar-refractivity contribution in [2.24, 2.45) is 0 Å². The Hall–Kier alpha value is -1.11. The summed E-state index contributed by atoms with van der Waals surface area (Å²) in [4.78, 5) is 20.6.